The molecule has 0 aliphatic carbocycles. The van der Waals surface area contributed by atoms with Crippen LogP contribution in [-0.4, -0.2) is 22.5 Å². The molecule has 0 bridgehead atoms. The summed E-state index contributed by atoms with van der Waals surface area (Å²) >= 11 is 1.44. The van der Waals surface area contributed by atoms with Crippen LogP contribution < -0.4 is 5.32 Å². The number of nitrogens with one attached hydrogen (secondary N) is 1. The average Bonchev–Trinajstić information content (AvgIpc) is 2.93. The fraction of sp³-hybridized carbons (Fsp3) is 0.533. The SMILES string of the molecule is CCCNC(C)C(CC)c1ccc2scnc2c1[N+](=O)[O-]. The standard InChI is InChI=1S/C15H21N3O2S/c1-4-8-16-10(3)11(5-2)12-6-7-13-14(17-9-21-13)15(12)18(19)20/h6-7,9-11,16H,4-5,8H2,1-3H3. The molecule has 0 saturated heterocycles. The van der Waals surface area contributed by atoms with Gasteiger partial charge in [-0.3, -0.25) is 10.1 Å². The highest BCUT2D eigenvalue weighted by atomic mass is 32.1. The van der Waals surface area contributed by atoms with Crippen molar-refractivity contribution in [2.45, 2.75) is 45.6 Å². The van der Waals surface area contributed by atoms with Crippen LogP contribution in [0.4, 0.5) is 5.69 Å². The monoisotopic (exact) mass is 307 g/mol. The lowest BCUT2D eigenvalue weighted by molar-refractivity contribution is -0.384. The van der Waals surface area contributed by atoms with Gasteiger partial charge in [0.25, 0.3) is 5.69 Å². The van der Waals surface area contributed by atoms with Gasteiger partial charge in [-0.2, -0.15) is 0 Å². The van der Waals surface area contributed by atoms with Crippen LogP contribution in [0, 0.1) is 10.1 Å². The summed E-state index contributed by atoms with van der Waals surface area (Å²) in [6.45, 7) is 7.21. The molecule has 2 atom stereocenters. The molecule has 1 aromatic carbocycles. The van der Waals surface area contributed by atoms with Crippen LogP contribution in [0.5, 0.6) is 0 Å². The Labute approximate surface area is 128 Å². The number of fused-ring (bicyclic) bond motifs is 1. The lowest BCUT2D eigenvalue weighted by Crippen LogP contribution is -2.32. The summed E-state index contributed by atoms with van der Waals surface area (Å²) in [5.41, 5.74) is 3.15. The maximum Gasteiger partial charge on any atom is 0.299 e. The van der Waals surface area contributed by atoms with Gasteiger partial charge in [-0.1, -0.05) is 19.9 Å². The number of hydrogen-bond donors (Lipinski definition) is 1. The van der Waals surface area contributed by atoms with Crippen molar-refractivity contribution >= 4 is 27.2 Å². The fourth-order valence-electron chi connectivity index (χ4n) is 2.78. The second-order valence-corrected chi connectivity index (χ2v) is 6.10. The van der Waals surface area contributed by atoms with E-state index in [9.17, 15) is 10.1 Å². The first-order valence-corrected chi connectivity index (χ1v) is 8.21. The van der Waals surface area contributed by atoms with Gasteiger partial charge < -0.3 is 5.32 Å². The number of nitro benzene ring substituents is 1. The fourth-order valence-corrected chi connectivity index (χ4v) is 3.46. The van der Waals surface area contributed by atoms with Crippen LogP contribution in [-0.2, 0) is 0 Å². The number of thiazole rings is 1. The molecule has 21 heavy (non-hydrogen) atoms. The molecular formula is C15H21N3O2S. The zero-order valence-electron chi connectivity index (χ0n) is 12.6. The van der Waals surface area contributed by atoms with Gasteiger partial charge in [-0.15, -0.1) is 11.3 Å². The second kappa shape index (κ2) is 6.95. The predicted molar refractivity (Wildman–Crippen MR) is 87.1 cm³/mol. The molecular weight excluding hydrogens is 286 g/mol. The number of rotatable bonds is 7. The Hall–Kier alpha value is -1.53. The molecule has 5 nitrogen and oxygen atoms in total. The Morgan fingerprint density at radius 3 is 2.81 bits per heavy atom. The largest absolute Gasteiger partial charge is 0.314 e. The molecule has 1 heterocycles. The van der Waals surface area contributed by atoms with Crippen LogP contribution in [0.2, 0.25) is 0 Å². The molecule has 1 N–H and O–H groups in total. The zero-order valence-corrected chi connectivity index (χ0v) is 13.4. The summed E-state index contributed by atoms with van der Waals surface area (Å²) in [5.74, 6) is 0.114. The summed E-state index contributed by atoms with van der Waals surface area (Å²) < 4.78 is 0.870. The van der Waals surface area contributed by atoms with E-state index >= 15 is 0 Å². The summed E-state index contributed by atoms with van der Waals surface area (Å²) in [6.07, 6.45) is 1.91. The van der Waals surface area contributed by atoms with Crippen molar-refractivity contribution in [2.75, 3.05) is 6.54 Å². The predicted octanol–water partition coefficient (Wildman–Crippen LogP) is 4.09. The number of aromatic nitrogens is 1. The smallest absolute Gasteiger partial charge is 0.299 e. The summed E-state index contributed by atoms with van der Waals surface area (Å²) in [7, 11) is 0. The third-order valence-electron chi connectivity index (χ3n) is 3.85. The van der Waals surface area contributed by atoms with Crippen molar-refractivity contribution in [2.24, 2.45) is 0 Å². The van der Waals surface area contributed by atoms with E-state index in [1.54, 1.807) is 5.51 Å². The van der Waals surface area contributed by atoms with E-state index in [1.807, 2.05) is 12.1 Å². The van der Waals surface area contributed by atoms with Crippen LogP contribution in [0.1, 0.15) is 45.1 Å². The van der Waals surface area contributed by atoms with Gasteiger partial charge in [0.1, 0.15) is 0 Å². The van der Waals surface area contributed by atoms with E-state index in [-0.39, 0.29) is 22.6 Å². The first kappa shape index (κ1) is 15.9. The molecule has 0 fully saturated rings. The minimum Gasteiger partial charge on any atom is -0.314 e. The zero-order chi connectivity index (χ0) is 15.4. The maximum absolute atomic E-state index is 11.5. The molecule has 0 saturated carbocycles. The molecule has 2 rings (SSSR count). The molecule has 0 amide bonds. The van der Waals surface area contributed by atoms with E-state index in [1.165, 1.54) is 11.3 Å². The molecule has 0 radical (unpaired) electrons. The summed E-state index contributed by atoms with van der Waals surface area (Å²) in [6, 6.07) is 4.05. The lowest BCUT2D eigenvalue weighted by Gasteiger charge is -2.24. The van der Waals surface area contributed by atoms with Gasteiger partial charge in [0.15, 0.2) is 5.52 Å². The highest BCUT2D eigenvalue weighted by Crippen LogP contribution is 2.37. The maximum atomic E-state index is 11.5. The van der Waals surface area contributed by atoms with Crippen molar-refractivity contribution < 1.29 is 4.92 Å². The third kappa shape index (κ3) is 3.22. The van der Waals surface area contributed by atoms with Crippen molar-refractivity contribution in [1.29, 1.82) is 0 Å². The molecule has 0 spiro atoms. The molecule has 6 heteroatoms. The van der Waals surface area contributed by atoms with E-state index in [0.717, 1.165) is 29.6 Å². The van der Waals surface area contributed by atoms with Gasteiger partial charge in [0.05, 0.1) is 15.1 Å². The Morgan fingerprint density at radius 2 is 2.19 bits per heavy atom. The van der Waals surface area contributed by atoms with Gasteiger partial charge in [0, 0.05) is 17.5 Å². The Morgan fingerprint density at radius 1 is 1.43 bits per heavy atom. The number of nitrogens with zero attached hydrogens (tertiary/aromatic N) is 2. The van der Waals surface area contributed by atoms with Gasteiger partial charge in [0.2, 0.25) is 0 Å². The highest BCUT2D eigenvalue weighted by Gasteiger charge is 2.28. The third-order valence-corrected chi connectivity index (χ3v) is 4.64. The first-order valence-electron chi connectivity index (χ1n) is 7.34. The summed E-state index contributed by atoms with van der Waals surface area (Å²) in [5, 5.41) is 15.0. The van der Waals surface area contributed by atoms with Gasteiger partial charge in [-0.05, 0) is 32.4 Å². The molecule has 0 aliphatic rings. The van der Waals surface area contributed by atoms with Crippen molar-refractivity contribution in [3.8, 4) is 0 Å². The number of nitro groups is 1. The second-order valence-electron chi connectivity index (χ2n) is 5.22. The van der Waals surface area contributed by atoms with Crippen LogP contribution in [0.25, 0.3) is 10.2 Å². The number of benzene rings is 1. The van der Waals surface area contributed by atoms with E-state index in [4.69, 9.17) is 0 Å². The Bertz CT molecular complexity index is 626. The van der Waals surface area contributed by atoms with Crippen LogP contribution in [0.15, 0.2) is 17.6 Å². The molecule has 114 valence electrons. The van der Waals surface area contributed by atoms with Gasteiger partial charge in [-0.25, -0.2) is 4.98 Å². The highest BCUT2D eigenvalue weighted by molar-refractivity contribution is 7.16. The lowest BCUT2D eigenvalue weighted by atomic mass is 9.88. The first-order chi connectivity index (χ1) is 10.1. The van der Waals surface area contributed by atoms with E-state index < -0.39 is 0 Å². The van der Waals surface area contributed by atoms with E-state index in [0.29, 0.717) is 5.52 Å². The topological polar surface area (TPSA) is 68.1 Å². The minimum atomic E-state index is -0.285. The Balaban J connectivity index is 2.47. The average molecular weight is 307 g/mol. The molecule has 2 aromatic rings. The van der Waals surface area contributed by atoms with Gasteiger partial charge >= 0.3 is 0 Å². The normalized spacial score (nSPS) is 14.2. The summed E-state index contributed by atoms with van der Waals surface area (Å²) in [4.78, 5) is 15.5. The number of hydrogen-bond acceptors (Lipinski definition) is 5. The molecule has 1 aromatic heterocycles. The van der Waals surface area contributed by atoms with Crippen LogP contribution >= 0.6 is 11.3 Å². The van der Waals surface area contributed by atoms with Crippen molar-refractivity contribution in [3.05, 3.63) is 33.3 Å². The Kier molecular flexibility index (Phi) is 5.25. The quantitative estimate of drug-likeness (QED) is 0.618. The van der Waals surface area contributed by atoms with Crippen molar-refractivity contribution in [3.63, 3.8) is 0 Å². The minimum absolute atomic E-state index is 0.114. The molecule has 2 unspecified atom stereocenters. The van der Waals surface area contributed by atoms with Crippen molar-refractivity contribution in [1.82, 2.24) is 10.3 Å². The van der Waals surface area contributed by atoms with Crippen LogP contribution in [0.3, 0.4) is 0 Å². The molecule has 0 aliphatic heterocycles. The van der Waals surface area contributed by atoms with E-state index in [2.05, 4.69) is 31.1 Å².